The van der Waals surface area contributed by atoms with Gasteiger partial charge in [-0.1, -0.05) is 0 Å². The van der Waals surface area contributed by atoms with Crippen molar-refractivity contribution in [3.8, 4) is 0 Å². The van der Waals surface area contributed by atoms with E-state index in [2.05, 4.69) is 14.8 Å². The van der Waals surface area contributed by atoms with Crippen molar-refractivity contribution in [1.29, 1.82) is 0 Å². The highest BCUT2D eigenvalue weighted by Gasteiger charge is 2.43. The summed E-state index contributed by atoms with van der Waals surface area (Å²) in [4.78, 5) is 69.4. The lowest BCUT2D eigenvalue weighted by Crippen LogP contribution is -2.45. The molecule has 1 rings (SSSR count). The number of carbonyl (C=O) groups is 6. The molecule has 0 radical (unpaired) electrons. The molecule has 0 unspecified atom stereocenters. The van der Waals surface area contributed by atoms with Gasteiger partial charge in [-0.25, -0.2) is 24.1 Å². The normalized spacial score (nSPS) is 16.3. The van der Waals surface area contributed by atoms with E-state index in [0.717, 1.165) is 4.90 Å². The summed E-state index contributed by atoms with van der Waals surface area (Å²) in [6.45, 7) is 11.7. The summed E-state index contributed by atoms with van der Waals surface area (Å²) in [7, 11) is 2.44. The van der Waals surface area contributed by atoms with E-state index in [1.165, 1.54) is 21.1 Å². The predicted molar refractivity (Wildman–Crippen MR) is 123 cm³/mol. The van der Waals surface area contributed by atoms with Gasteiger partial charge in [0, 0.05) is 12.8 Å². The first-order valence-corrected chi connectivity index (χ1v) is 11.1. The number of imide groups is 1. The zero-order valence-electron chi connectivity index (χ0n) is 22.0. The molecule has 12 nitrogen and oxygen atoms in total. The third kappa shape index (κ3) is 12.7. The summed E-state index contributed by atoms with van der Waals surface area (Å²) in [6.07, 6.45) is -0.683. The van der Waals surface area contributed by atoms with E-state index in [-0.39, 0.29) is 31.5 Å². The van der Waals surface area contributed by atoms with Gasteiger partial charge in [0.25, 0.3) is 0 Å². The fourth-order valence-electron chi connectivity index (χ4n) is 2.77. The summed E-state index contributed by atoms with van der Waals surface area (Å²) in [6, 6.07) is -1.73. The minimum atomic E-state index is -0.867. The van der Waals surface area contributed by atoms with Crippen LogP contribution in [-0.2, 0) is 38.1 Å². The first kappa shape index (κ1) is 31.8. The van der Waals surface area contributed by atoms with Gasteiger partial charge in [0.15, 0.2) is 0 Å². The largest absolute Gasteiger partial charge is 0.467 e. The Morgan fingerprint density at radius 3 is 1.94 bits per heavy atom. The SMILES string of the molecule is COC(=O)[C@@H]1CCC(=O)N1C(=O)OC(C)(C)C.COC(=O)[C@H](CCC(C)=O)NC(=O)OC(C)(C)C. The maximum Gasteiger partial charge on any atom is 0.417 e. The lowest BCUT2D eigenvalue weighted by molar-refractivity contribution is -0.148. The van der Waals surface area contributed by atoms with Crippen molar-refractivity contribution < 1.29 is 47.7 Å². The smallest absolute Gasteiger partial charge is 0.417 e. The summed E-state index contributed by atoms with van der Waals surface area (Å²) >= 11 is 0. The van der Waals surface area contributed by atoms with Gasteiger partial charge in [-0.05, 0) is 61.3 Å². The second kappa shape index (κ2) is 13.6. The average molecular weight is 503 g/mol. The Hall–Kier alpha value is -3.18. The molecule has 2 atom stereocenters. The van der Waals surface area contributed by atoms with Crippen molar-refractivity contribution in [3.05, 3.63) is 0 Å². The molecule has 12 heteroatoms. The molecule has 0 aromatic carbocycles. The second-order valence-electron chi connectivity index (χ2n) is 9.78. The highest BCUT2D eigenvalue weighted by molar-refractivity contribution is 5.99. The van der Waals surface area contributed by atoms with Crippen LogP contribution in [0.2, 0.25) is 0 Å². The molecular formula is C23H38N2O10. The number of nitrogens with zero attached hydrogens (tertiary/aromatic N) is 1. The van der Waals surface area contributed by atoms with Crippen LogP contribution in [0, 0.1) is 0 Å². The highest BCUT2D eigenvalue weighted by atomic mass is 16.6. The van der Waals surface area contributed by atoms with E-state index < -0.39 is 53.3 Å². The third-order valence-electron chi connectivity index (χ3n) is 4.24. The van der Waals surface area contributed by atoms with Crippen molar-refractivity contribution in [3.63, 3.8) is 0 Å². The number of rotatable bonds is 6. The van der Waals surface area contributed by atoms with E-state index >= 15 is 0 Å². The van der Waals surface area contributed by atoms with E-state index in [9.17, 15) is 28.8 Å². The molecule has 0 aliphatic carbocycles. The second-order valence-corrected chi connectivity index (χ2v) is 9.78. The number of hydrogen-bond acceptors (Lipinski definition) is 10. The molecule has 1 fully saturated rings. The van der Waals surface area contributed by atoms with Crippen LogP contribution in [0.25, 0.3) is 0 Å². The molecule has 1 aliphatic heterocycles. The van der Waals surface area contributed by atoms with Crippen LogP contribution in [0.1, 0.15) is 74.1 Å². The Morgan fingerprint density at radius 1 is 0.971 bits per heavy atom. The van der Waals surface area contributed by atoms with E-state index in [1.807, 2.05) is 0 Å². The molecule has 1 saturated heterocycles. The van der Waals surface area contributed by atoms with Crippen molar-refractivity contribution in [2.24, 2.45) is 0 Å². The Bertz CT molecular complexity index is 795. The number of likely N-dealkylation sites (tertiary alicyclic amines) is 1. The maximum absolute atomic E-state index is 11.8. The van der Waals surface area contributed by atoms with E-state index in [1.54, 1.807) is 41.5 Å². The average Bonchev–Trinajstić information content (AvgIpc) is 3.09. The lowest BCUT2D eigenvalue weighted by atomic mass is 10.1. The highest BCUT2D eigenvalue weighted by Crippen LogP contribution is 2.22. The number of amides is 3. The van der Waals surface area contributed by atoms with Gasteiger partial charge in [0.1, 0.15) is 29.1 Å². The van der Waals surface area contributed by atoms with E-state index in [4.69, 9.17) is 9.47 Å². The number of nitrogens with one attached hydrogen (secondary N) is 1. The van der Waals surface area contributed by atoms with Crippen LogP contribution in [0.4, 0.5) is 9.59 Å². The summed E-state index contributed by atoms with van der Waals surface area (Å²) in [5.41, 5.74) is -1.36. The molecule has 0 aromatic rings. The molecule has 0 saturated carbocycles. The van der Waals surface area contributed by atoms with Crippen molar-refractivity contribution in [2.75, 3.05) is 14.2 Å². The zero-order chi connectivity index (χ0) is 27.6. The summed E-state index contributed by atoms with van der Waals surface area (Å²) in [5.74, 6) is -1.66. The van der Waals surface area contributed by atoms with Gasteiger partial charge in [0.2, 0.25) is 5.91 Å². The van der Waals surface area contributed by atoms with Gasteiger partial charge < -0.3 is 29.1 Å². The molecule has 3 amide bonds. The van der Waals surface area contributed by atoms with Gasteiger partial charge >= 0.3 is 24.1 Å². The number of hydrogen-bond donors (Lipinski definition) is 1. The maximum atomic E-state index is 11.8. The number of ether oxygens (including phenoxy) is 4. The summed E-state index contributed by atoms with van der Waals surface area (Å²) in [5, 5.41) is 2.39. The molecular weight excluding hydrogens is 464 g/mol. The molecule has 35 heavy (non-hydrogen) atoms. The summed E-state index contributed by atoms with van der Waals surface area (Å²) < 4.78 is 19.2. The monoisotopic (exact) mass is 502 g/mol. The van der Waals surface area contributed by atoms with Crippen molar-refractivity contribution >= 4 is 35.8 Å². The Kier molecular flexibility index (Phi) is 12.4. The fourth-order valence-corrected chi connectivity index (χ4v) is 2.77. The number of alkyl carbamates (subject to hydrolysis) is 1. The molecule has 0 spiro atoms. The van der Waals surface area contributed by atoms with Crippen LogP contribution in [0.5, 0.6) is 0 Å². The molecule has 1 N–H and O–H groups in total. The van der Waals surface area contributed by atoms with Crippen LogP contribution in [0.15, 0.2) is 0 Å². The Balaban J connectivity index is 0.000000661. The van der Waals surface area contributed by atoms with Gasteiger partial charge in [-0.2, -0.15) is 0 Å². The van der Waals surface area contributed by atoms with Crippen LogP contribution in [-0.4, -0.2) is 78.2 Å². The van der Waals surface area contributed by atoms with Crippen LogP contribution < -0.4 is 5.32 Å². The third-order valence-corrected chi connectivity index (χ3v) is 4.24. The van der Waals surface area contributed by atoms with E-state index in [0.29, 0.717) is 0 Å². The minimum Gasteiger partial charge on any atom is -0.467 e. The molecule has 200 valence electrons. The number of esters is 2. The quantitative estimate of drug-likeness (QED) is 0.423. The number of carbonyl (C=O) groups excluding carboxylic acids is 6. The molecule has 0 bridgehead atoms. The molecule has 1 heterocycles. The van der Waals surface area contributed by atoms with Gasteiger partial charge in [0.05, 0.1) is 14.2 Å². The number of methoxy groups -OCH3 is 2. The van der Waals surface area contributed by atoms with Crippen LogP contribution >= 0.6 is 0 Å². The first-order chi connectivity index (χ1) is 15.9. The number of Topliss-reactive ketones (excluding diaryl/α,β-unsaturated/α-hetero) is 1. The Labute approximate surface area is 206 Å². The topological polar surface area (TPSA) is 155 Å². The fraction of sp³-hybridized carbons (Fsp3) is 0.739. The molecule has 0 aromatic heterocycles. The predicted octanol–water partition coefficient (Wildman–Crippen LogP) is 2.51. The standard InChI is InChI=1S/C12H21NO5.C11H17NO5/c1-8(14)6-7-9(10(15)17-5)13-11(16)18-12(2,3)4;1-11(2,3)17-10(15)12-7(9(14)16-4)5-6-8(12)13/h9H,6-7H2,1-5H3,(H,13,16);7H,5-6H2,1-4H3/t9-;7-/m00/s1. The first-order valence-electron chi connectivity index (χ1n) is 11.1. The van der Waals surface area contributed by atoms with Gasteiger partial charge in [-0.15, -0.1) is 0 Å². The zero-order valence-corrected chi connectivity index (χ0v) is 22.0. The Morgan fingerprint density at radius 2 is 1.51 bits per heavy atom. The van der Waals surface area contributed by atoms with Crippen molar-refractivity contribution in [2.45, 2.75) is 97.4 Å². The van der Waals surface area contributed by atoms with Gasteiger partial charge in [-0.3, -0.25) is 4.79 Å². The number of ketones is 1. The minimum absolute atomic E-state index is 0.0603. The van der Waals surface area contributed by atoms with Crippen LogP contribution in [0.3, 0.4) is 0 Å². The van der Waals surface area contributed by atoms with Crippen molar-refractivity contribution in [1.82, 2.24) is 10.2 Å². The lowest BCUT2D eigenvalue weighted by Gasteiger charge is -2.26. The molecule has 1 aliphatic rings.